The van der Waals surface area contributed by atoms with E-state index in [9.17, 15) is 19.3 Å². The molecular formula is C20H26NO5P. The molecule has 0 aliphatic carbocycles. The Bertz CT molecular complexity index is 706. The molecule has 0 heterocycles. The van der Waals surface area contributed by atoms with Gasteiger partial charge in [0.25, 0.3) is 0 Å². The number of rotatable bonds is 8. The van der Waals surface area contributed by atoms with Crippen molar-refractivity contribution in [2.45, 2.75) is 19.8 Å². The van der Waals surface area contributed by atoms with Crippen molar-refractivity contribution in [1.82, 2.24) is 0 Å². The molecule has 27 heavy (non-hydrogen) atoms. The SMILES string of the molecule is CCOC(=O)CCC[NH3+].O=C([O-])CP(=O)(c1ccccc1)c1ccccc1. The molecule has 3 N–H and O–H groups in total. The molecule has 0 bridgehead atoms. The van der Waals surface area contributed by atoms with Gasteiger partial charge in [0.15, 0.2) is 0 Å². The number of carbonyl (C=O) groups is 2. The number of ether oxygens (including phenoxy) is 1. The van der Waals surface area contributed by atoms with Crippen LogP contribution in [0.5, 0.6) is 0 Å². The fraction of sp³-hybridized carbons (Fsp3) is 0.300. The Morgan fingerprint density at radius 3 is 1.85 bits per heavy atom. The molecule has 0 aliphatic rings. The van der Waals surface area contributed by atoms with Crippen LogP contribution in [-0.4, -0.2) is 31.3 Å². The van der Waals surface area contributed by atoms with E-state index in [4.69, 9.17) is 0 Å². The maximum Gasteiger partial charge on any atom is 0.305 e. The lowest BCUT2D eigenvalue weighted by Crippen LogP contribution is -2.50. The molecule has 0 atom stereocenters. The van der Waals surface area contributed by atoms with Gasteiger partial charge in [0.2, 0.25) is 0 Å². The van der Waals surface area contributed by atoms with Crippen molar-refractivity contribution in [3.05, 3.63) is 60.7 Å². The topological polar surface area (TPSA) is 111 Å². The van der Waals surface area contributed by atoms with Gasteiger partial charge in [-0.1, -0.05) is 60.7 Å². The maximum atomic E-state index is 13.0. The van der Waals surface area contributed by atoms with Gasteiger partial charge in [0.1, 0.15) is 7.14 Å². The first-order valence-corrected chi connectivity index (χ1v) is 10.7. The zero-order chi connectivity index (χ0) is 20.1. The summed E-state index contributed by atoms with van der Waals surface area (Å²) in [5.74, 6) is -1.41. The highest BCUT2D eigenvalue weighted by molar-refractivity contribution is 7.79. The normalized spacial score (nSPS) is 10.4. The summed E-state index contributed by atoms with van der Waals surface area (Å²) in [6.45, 7) is 3.09. The average molecular weight is 391 g/mol. The lowest BCUT2D eigenvalue weighted by atomic mass is 10.3. The van der Waals surface area contributed by atoms with E-state index in [-0.39, 0.29) is 5.97 Å². The molecule has 2 aromatic carbocycles. The third-order valence-electron chi connectivity index (χ3n) is 3.63. The molecule has 146 valence electrons. The largest absolute Gasteiger partial charge is 0.550 e. The Kier molecular flexibility index (Phi) is 10.1. The van der Waals surface area contributed by atoms with Crippen LogP contribution in [-0.2, 0) is 18.9 Å². The van der Waals surface area contributed by atoms with Crippen LogP contribution >= 0.6 is 7.14 Å². The lowest BCUT2D eigenvalue weighted by molar-refractivity contribution is -0.368. The number of esters is 1. The van der Waals surface area contributed by atoms with Crippen molar-refractivity contribution in [2.75, 3.05) is 19.3 Å². The van der Waals surface area contributed by atoms with Gasteiger partial charge in [0.05, 0.1) is 19.6 Å². The second kappa shape index (κ2) is 12.0. The van der Waals surface area contributed by atoms with Crippen molar-refractivity contribution in [2.24, 2.45) is 0 Å². The minimum absolute atomic E-state index is 0.110. The standard InChI is InChI=1S/C14H13O3P.C6H13NO2/c15-14(16)11-18(17,12-7-3-1-4-8-12)13-9-5-2-6-10-13;1-2-9-6(8)4-3-5-7/h1-10H,11H2,(H,15,16);2-5,7H2,1H3. The number of aliphatic carboxylic acids is 1. The van der Waals surface area contributed by atoms with E-state index < -0.39 is 19.3 Å². The second-order valence-corrected chi connectivity index (χ2v) is 8.53. The van der Waals surface area contributed by atoms with Crippen LogP contribution < -0.4 is 21.4 Å². The van der Waals surface area contributed by atoms with Gasteiger partial charge in [-0.05, 0) is 6.92 Å². The first-order chi connectivity index (χ1) is 12.9. The number of hydrogen-bond acceptors (Lipinski definition) is 5. The van der Waals surface area contributed by atoms with Crippen molar-refractivity contribution in [1.29, 1.82) is 0 Å². The summed E-state index contributed by atoms with van der Waals surface area (Å²) in [5.41, 5.74) is 3.61. The highest BCUT2D eigenvalue weighted by atomic mass is 31.2. The van der Waals surface area contributed by atoms with Gasteiger partial charge >= 0.3 is 5.97 Å². The summed E-state index contributed by atoms with van der Waals surface area (Å²) in [7, 11) is -3.14. The van der Waals surface area contributed by atoms with E-state index in [1.807, 2.05) is 6.92 Å². The predicted molar refractivity (Wildman–Crippen MR) is 103 cm³/mol. The maximum absolute atomic E-state index is 13.0. The third kappa shape index (κ3) is 7.77. The Morgan fingerprint density at radius 1 is 1.00 bits per heavy atom. The van der Waals surface area contributed by atoms with Crippen LogP contribution in [0.2, 0.25) is 0 Å². The number of hydrogen-bond donors (Lipinski definition) is 1. The van der Waals surface area contributed by atoms with Crippen LogP contribution in [0.25, 0.3) is 0 Å². The molecule has 0 aromatic heterocycles. The Morgan fingerprint density at radius 2 is 1.48 bits per heavy atom. The molecule has 2 aromatic rings. The number of quaternary nitrogens is 1. The van der Waals surface area contributed by atoms with Gasteiger partial charge in [-0.15, -0.1) is 0 Å². The zero-order valence-corrected chi connectivity index (χ0v) is 16.4. The zero-order valence-electron chi connectivity index (χ0n) is 15.5. The molecular weight excluding hydrogens is 365 g/mol. The monoisotopic (exact) mass is 391 g/mol. The molecule has 0 saturated carbocycles. The summed E-state index contributed by atoms with van der Waals surface area (Å²) < 4.78 is 17.7. The van der Waals surface area contributed by atoms with Crippen molar-refractivity contribution < 1.29 is 29.7 Å². The van der Waals surface area contributed by atoms with E-state index in [1.165, 1.54) is 0 Å². The Labute approximate surface area is 159 Å². The molecule has 6 nitrogen and oxygen atoms in total. The summed E-state index contributed by atoms with van der Waals surface area (Å²) in [4.78, 5) is 21.4. The fourth-order valence-electron chi connectivity index (χ4n) is 2.35. The first-order valence-electron chi connectivity index (χ1n) is 8.79. The molecule has 0 aliphatic heterocycles. The van der Waals surface area contributed by atoms with E-state index in [0.717, 1.165) is 13.0 Å². The van der Waals surface area contributed by atoms with Gasteiger partial charge in [-0.3, -0.25) is 4.79 Å². The molecule has 0 spiro atoms. The average Bonchev–Trinajstić information content (AvgIpc) is 2.68. The summed E-state index contributed by atoms with van der Waals surface area (Å²) in [5, 5.41) is 12.0. The van der Waals surface area contributed by atoms with Crippen molar-refractivity contribution in [3.8, 4) is 0 Å². The molecule has 0 radical (unpaired) electrons. The van der Waals surface area contributed by atoms with Gasteiger partial charge < -0.3 is 24.9 Å². The summed E-state index contributed by atoms with van der Waals surface area (Å²) in [6, 6.07) is 17.4. The highest BCUT2D eigenvalue weighted by Crippen LogP contribution is 2.42. The lowest BCUT2D eigenvalue weighted by Gasteiger charge is -2.19. The molecule has 0 saturated heterocycles. The van der Waals surface area contributed by atoms with Crippen LogP contribution in [0, 0.1) is 0 Å². The van der Waals surface area contributed by atoms with Crippen LogP contribution in [0.4, 0.5) is 0 Å². The van der Waals surface area contributed by atoms with Crippen molar-refractivity contribution in [3.63, 3.8) is 0 Å². The minimum Gasteiger partial charge on any atom is -0.550 e. The smallest absolute Gasteiger partial charge is 0.305 e. The summed E-state index contributed by atoms with van der Waals surface area (Å²) in [6.07, 6.45) is 0.872. The van der Waals surface area contributed by atoms with Crippen LogP contribution in [0.3, 0.4) is 0 Å². The van der Waals surface area contributed by atoms with Gasteiger partial charge in [-0.25, -0.2) is 0 Å². The highest BCUT2D eigenvalue weighted by Gasteiger charge is 2.26. The van der Waals surface area contributed by atoms with E-state index >= 15 is 0 Å². The number of carboxylic acids is 1. The number of carbonyl (C=O) groups excluding carboxylic acids is 2. The Hall–Kier alpha value is -2.43. The van der Waals surface area contributed by atoms with Crippen LogP contribution in [0.15, 0.2) is 60.7 Å². The third-order valence-corrected chi connectivity index (χ3v) is 6.60. The second-order valence-electron chi connectivity index (χ2n) is 5.70. The van der Waals surface area contributed by atoms with E-state index in [2.05, 4.69) is 10.5 Å². The predicted octanol–water partition coefficient (Wildman–Crippen LogP) is 0.322. The molecule has 7 heteroatoms. The quantitative estimate of drug-likeness (QED) is 0.515. The summed E-state index contributed by atoms with van der Waals surface area (Å²) >= 11 is 0. The fourth-order valence-corrected chi connectivity index (χ4v) is 4.69. The molecule has 0 fully saturated rings. The van der Waals surface area contributed by atoms with Gasteiger partial charge in [-0.2, -0.15) is 0 Å². The van der Waals surface area contributed by atoms with Crippen LogP contribution in [0.1, 0.15) is 19.8 Å². The van der Waals surface area contributed by atoms with E-state index in [1.54, 1.807) is 60.7 Å². The number of carboxylic acid groups (broad SMARTS) is 1. The molecule has 2 rings (SSSR count). The minimum atomic E-state index is -3.14. The number of benzene rings is 2. The Balaban J connectivity index is 0.000000345. The van der Waals surface area contributed by atoms with Gasteiger partial charge in [0, 0.05) is 29.2 Å². The van der Waals surface area contributed by atoms with Crippen molar-refractivity contribution >= 4 is 29.7 Å². The molecule has 0 amide bonds. The van der Waals surface area contributed by atoms with E-state index in [0.29, 0.717) is 23.6 Å². The molecule has 0 unspecified atom stereocenters. The first kappa shape index (κ1) is 22.6.